The summed E-state index contributed by atoms with van der Waals surface area (Å²) >= 11 is 1.48. The number of para-hydroxylation sites is 1. The minimum absolute atomic E-state index is 0.00303. The van der Waals surface area contributed by atoms with E-state index >= 15 is 0 Å². The second-order valence-corrected chi connectivity index (χ2v) is 8.16. The molecule has 0 aliphatic heterocycles. The Kier molecular flexibility index (Phi) is 5.47. The van der Waals surface area contributed by atoms with Crippen molar-refractivity contribution < 1.29 is 4.79 Å². The number of benzene rings is 1. The number of hydrogen-bond acceptors (Lipinski definition) is 4. The zero-order valence-electron chi connectivity index (χ0n) is 15.3. The van der Waals surface area contributed by atoms with Crippen LogP contribution in [-0.4, -0.2) is 25.9 Å². The van der Waals surface area contributed by atoms with E-state index in [0.717, 1.165) is 28.8 Å². The van der Waals surface area contributed by atoms with Crippen molar-refractivity contribution in [2.45, 2.75) is 69.3 Å². The predicted octanol–water partition coefficient (Wildman–Crippen LogP) is 4.42. The third-order valence-corrected chi connectivity index (χ3v) is 5.58. The van der Waals surface area contributed by atoms with Crippen molar-refractivity contribution in [1.82, 2.24) is 14.8 Å². The summed E-state index contributed by atoms with van der Waals surface area (Å²) < 4.78 is 2.15. The number of thioether (sulfide) groups is 1. The maximum absolute atomic E-state index is 12.7. The SMILES string of the molecule is CCn1c(SC(C)C(=O)Nc2ccccc2C(C)C)nnc1C1CC1. The molecule has 1 amide bonds. The topological polar surface area (TPSA) is 59.8 Å². The molecule has 2 aromatic rings. The third-order valence-electron chi connectivity index (χ3n) is 4.50. The highest BCUT2D eigenvalue weighted by molar-refractivity contribution is 8.00. The van der Waals surface area contributed by atoms with Gasteiger partial charge in [0.25, 0.3) is 0 Å². The molecule has 1 unspecified atom stereocenters. The van der Waals surface area contributed by atoms with Gasteiger partial charge < -0.3 is 9.88 Å². The van der Waals surface area contributed by atoms with E-state index in [-0.39, 0.29) is 11.2 Å². The molecule has 1 aliphatic carbocycles. The number of hydrogen-bond donors (Lipinski definition) is 1. The summed E-state index contributed by atoms with van der Waals surface area (Å²) in [6.45, 7) is 9.12. The zero-order valence-corrected chi connectivity index (χ0v) is 16.1. The van der Waals surface area contributed by atoms with Crippen LogP contribution in [0.5, 0.6) is 0 Å². The molecule has 1 heterocycles. The van der Waals surface area contributed by atoms with Crippen molar-refractivity contribution in [3.63, 3.8) is 0 Å². The van der Waals surface area contributed by atoms with Crippen molar-refractivity contribution in [1.29, 1.82) is 0 Å². The summed E-state index contributed by atoms with van der Waals surface area (Å²) in [6.07, 6.45) is 2.40. The summed E-state index contributed by atoms with van der Waals surface area (Å²) in [5.74, 6) is 1.99. The van der Waals surface area contributed by atoms with Crippen LogP contribution in [0.4, 0.5) is 5.69 Å². The van der Waals surface area contributed by atoms with E-state index in [4.69, 9.17) is 0 Å². The van der Waals surface area contributed by atoms with Crippen LogP contribution in [0, 0.1) is 0 Å². The molecule has 0 saturated heterocycles. The van der Waals surface area contributed by atoms with Crippen LogP contribution < -0.4 is 5.32 Å². The second kappa shape index (κ2) is 7.60. The van der Waals surface area contributed by atoms with E-state index in [1.165, 1.54) is 24.6 Å². The average molecular weight is 359 g/mol. The lowest BCUT2D eigenvalue weighted by Gasteiger charge is -2.16. The van der Waals surface area contributed by atoms with Gasteiger partial charge in [0.05, 0.1) is 5.25 Å². The summed E-state index contributed by atoms with van der Waals surface area (Å²) in [7, 11) is 0. The zero-order chi connectivity index (χ0) is 18.0. The highest BCUT2D eigenvalue weighted by atomic mass is 32.2. The molecule has 1 N–H and O–H groups in total. The first kappa shape index (κ1) is 18.0. The largest absolute Gasteiger partial charge is 0.325 e. The normalized spacial score (nSPS) is 15.4. The first-order valence-corrected chi connectivity index (χ1v) is 9.88. The number of anilines is 1. The van der Waals surface area contributed by atoms with Crippen LogP contribution in [0.25, 0.3) is 0 Å². The minimum Gasteiger partial charge on any atom is -0.325 e. The van der Waals surface area contributed by atoms with E-state index in [9.17, 15) is 4.79 Å². The maximum Gasteiger partial charge on any atom is 0.237 e. The molecule has 0 bridgehead atoms. The van der Waals surface area contributed by atoms with Gasteiger partial charge in [-0.05, 0) is 44.2 Å². The Labute approximate surface area is 153 Å². The molecule has 3 rings (SSSR count). The molecule has 1 atom stereocenters. The molecule has 134 valence electrons. The van der Waals surface area contributed by atoms with Crippen LogP contribution >= 0.6 is 11.8 Å². The molecular weight excluding hydrogens is 332 g/mol. The van der Waals surface area contributed by atoms with Crippen molar-refractivity contribution in [3.05, 3.63) is 35.7 Å². The molecule has 0 spiro atoms. The fraction of sp³-hybridized carbons (Fsp3) is 0.526. The fourth-order valence-electron chi connectivity index (χ4n) is 2.89. The number of carbonyl (C=O) groups is 1. The van der Waals surface area contributed by atoms with Gasteiger partial charge in [-0.25, -0.2) is 0 Å². The monoisotopic (exact) mass is 358 g/mol. The highest BCUT2D eigenvalue weighted by Gasteiger charge is 2.30. The molecule has 25 heavy (non-hydrogen) atoms. The Morgan fingerprint density at radius 2 is 2.00 bits per heavy atom. The number of rotatable bonds is 7. The van der Waals surface area contributed by atoms with Gasteiger partial charge in [0.2, 0.25) is 5.91 Å². The molecule has 1 aliphatic rings. The Bertz CT molecular complexity index is 752. The van der Waals surface area contributed by atoms with Gasteiger partial charge in [-0.15, -0.1) is 10.2 Å². The molecule has 1 saturated carbocycles. The van der Waals surface area contributed by atoms with Gasteiger partial charge in [-0.1, -0.05) is 43.8 Å². The summed E-state index contributed by atoms with van der Waals surface area (Å²) in [5.41, 5.74) is 2.05. The quantitative estimate of drug-likeness (QED) is 0.744. The first-order chi connectivity index (χ1) is 12.0. The van der Waals surface area contributed by atoms with Gasteiger partial charge in [-0.3, -0.25) is 4.79 Å². The van der Waals surface area contributed by atoms with Crippen LogP contribution in [-0.2, 0) is 11.3 Å². The number of carbonyl (C=O) groups excluding carboxylic acids is 1. The van der Waals surface area contributed by atoms with Gasteiger partial charge in [0, 0.05) is 18.2 Å². The summed E-state index contributed by atoms with van der Waals surface area (Å²) in [6, 6.07) is 7.99. The van der Waals surface area contributed by atoms with Crippen molar-refractivity contribution in [2.24, 2.45) is 0 Å². The van der Waals surface area contributed by atoms with Gasteiger partial charge in [0.1, 0.15) is 5.82 Å². The van der Waals surface area contributed by atoms with E-state index in [0.29, 0.717) is 11.8 Å². The Hall–Kier alpha value is -1.82. The minimum atomic E-state index is -0.234. The molecule has 6 heteroatoms. The Balaban J connectivity index is 1.69. The number of nitrogens with zero attached hydrogens (tertiary/aromatic N) is 3. The molecule has 1 aromatic carbocycles. The average Bonchev–Trinajstić information content (AvgIpc) is 3.36. The third kappa shape index (κ3) is 4.06. The van der Waals surface area contributed by atoms with E-state index in [1.54, 1.807) is 0 Å². The van der Waals surface area contributed by atoms with Gasteiger partial charge in [-0.2, -0.15) is 0 Å². The van der Waals surface area contributed by atoms with E-state index in [1.807, 2.05) is 25.1 Å². The lowest BCUT2D eigenvalue weighted by molar-refractivity contribution is -0.115. The van der Waals surface area contributed by atoms with Crippen LogP contribution in [0.2, 0.25) is 0 Å². The highest BCUT2D eigenvalue weighted by Crippen LogP contribution is 2.40. The fourth-order valence-corrected chi connectivity index (χ4v) is 3.81. The maximum atomic E-state index is 12.7. The van der Waals surface area contributed by atoms with E-state index < -0.39 is 0 Å². The number of aromatic nitrogens is 3. The molecule has 1 aromatic heterocycles. The second-order valence-electron chi connectivity index (χ2n) is 6.85. The predicted molar refractivity (Wildman–Crippen MR) is 102 cm³/mol. The van der Waals surface area contributed by atoms with Crippen molar-refractivity contribution >= 4 is 23.4 Å². The lowest BCUT2D eigenvalue weighted by Crippen LogP contribution is -2.23. The van der Waals surface area contributed by atoms with Gasteiger partial charge >= 0.3 is 0 Å². The molecule has 0 radical (unpaired) electrons. The first-order valence-electron chi connectivity index (χ1n) is 9.00. The van der Waals surface area contributed by atoms with Crippen LogP contribution in [0.15, 0.2) is 29.4 Å². The van der Waals surface area contributed by atoms with E-state index in [2.05, 4.69) is 46.9 Å². The standard InChI is InChI=1S/C19H26N4OS/c1-5-23-17(14-10-11-14)21-22-19(23)25-13(4)18(24)20-16-9-7-6-8-15(16)12(2)3/h6-9,12-14H,5,10-11H2,1-4H3,(H,20,24). The number of amides is 1. The van der Waals surface area contributed by atoms with Crippen molar-refractivity contribution in [3.8, 4) is 0 Å². The summed E-state index contributed by atoms with van der Waals surface area (Å²) in [5, 5.41) is 12.3. The molecule has 5 nitrogen and oxygen atoms in total. The number of nitrogens with one attached hydrogen (secondary N) is 1. The molecular formula is C19H26N4OS. The smallest absolute Gasteiger partial charge is 0.237 e. The lowest BCUT2D eigenvalue weighted by atomic mass is 10.0. The van der Waals surface area contributed by atoms with Gasteiger partial charge in [0.15, 0.2) is 5.16 Å². The van der Waals surface area contributed by atoms with Crippen molar-refractivity contribution in [2.75, 3.05) is 5.32 Å². The molecule has 1 fully saturated rings. The summed E-state index contributed by atoms with van der Waals surface area (Å²) in [4.78, 5) is 12.7. The Morgan fingerprint density at radius 1 is 1.28 bits per heavy atom. The van der Waals surface area contributed by atoms with Crippen LogP contribution in [0.3, 0.4) is 0 Å². The Morgan fingerprint density at radius 3 is 2.64 bits per heavy atom. The van der Waals surface area contributed by atoms with Crippen LogP contribution in [0.1, 0.15) is 63.8 Å².